The number of nitrogens with one attached hydrogen (secondary N) is 2. The second kappa shape index (κ2) is 10.5. The molecule has 1 heterocycles. The van der Waals surface area contributed by atoms with E-state index in [2.05, 4.69) is 15.4 Å². The SMILES string of the molecule is Cl.O=C(Cc1ccccc1OC(F)F)NC1CNCCC1c1ccc(F)c(F)c1. The Hall–Kier alpha value is -2.32. The zero-order valence-corrected chi connectivity index (χ0v) is 16.2. The highest BCUT2D eigenvalue weighted by Crippen LogP contribution is 2.27. The normalized spacial score (nSPS) is 18.8. The van der Waals surface area contributed by atoms with Crippen LogP contribution in [0, 0.1) is 11.6 Å². The quantitative estimate of drug-likeness (QED) is 0.683. The monoisotopic (exact) mass is 432 g/mol. The molecular weight excluding hydrogens is 412 g/mol. The van der Waals surface area contributed by atoms with Crippen LogP contribution in [0.25, 0.3) is 0 Å². The van der Waals surface area contributed by atoms with Crippen LogP contribution in [0.3, 0.4) is 0 Å². The van der Waals surface area contributed by atoms with E-state index in [-0.39, 0.29) is 42.4 Å². The Balaban J connectivity index is 0.00000300. The van der Waals surface area contributed by atoms with E-state index in [0.717, 1.165) is 12.1 Å². The fraction of sp³-hybridized carbons (Fsp3) is 0.350. The lowest BCUT2D eigenvalue weighted by Crippen LogP contribution is -2.50. The Labute approximate surface area is 172 Å². The molecule has 2 atom stereocenters. The van der Waals surface area contributed by atoms with Crippen LogP contribution in [0.2, 0.25) is 0 Å². The maximum absolute atomic E-state index is 13.6. The number of piperidine rings is 1. The first kappa shape index (κ1) is 23.0. The summed E-state index contributed by atoms with van der Waals surface area (Å²) < 4.78 is 56.3. The van der Waals surface area contributed by atoms with Crippen molar-refractivity contribution in [2.45, 2.75) is 31.4 Å². The van der Waals surface area contributed by atoms with E-state index in [1.54, 1.807) is 18.2 Å². The van der Waals surface area contributed by atoms with Crippen LogP contribution in [0.5, 0.6) is 5.75 Å². The summed E-state index contributed by atoms with van der Waals surface area (Å²) in [6.45, 7) is -1.84. The number of hydrogen-bond donors (Lipinski definition) is 2. The smallest absolute Gasteiger partial charge is 0.387 e. The lowest BCUT2D eigenvalue weighted by atomic mass is 9.86. The first-order valence-corrected chi connectivity index (χ1v) is 8.92. The molecule has 9 heteroatoms. The van der Waals surface area contributed by atoms with E-state index in [1.807, 2.05) is 0 Å². The molecule has 2 aromatic carbocycles. The number of alkyl halides is 2. The molecule has 0 spiro atoms. The van der Waals surface area contributed by atoms with E-state index in [1.165, 1.54) is 12.1 Å². The molecular formula is C20H21ClF4N2O2. The number of carbonyl (C=O) groups excluding carboxylic acids is 1. The summed E-state index contributed by atoms with van der Waals surface area (Å²) in [6.07, 6.45) is 0.505. The van der Waals surface area contributed by atoms with Gasteiger partial charge in [-0.1, -0.05) is 24.3 Å². The third-order valence-electron chi connectivity index (χ3n) is 4.74. The number of para-hydroxylation sites is 1. The first-order valence-electron chi connectivity index (χ1n) is 8.92. The molecule has 2 aromatic rings. The second-order valence-corrected chi connectivity index (χ2v) is 6.61. The lowest BCUT2D eigenvalue weighted by Gasteiger charge is -2.33. The molecule has 0 aliphatic carbocycles. The standard InChI is InChI=1S/C20H20F4N2O2.ClH/c21-15-6-5-12(9-16(15)22)14-7-8-25-11-17(14)26-19(27)10-13-3-1-2-4-18(13)28-20(23)24;/h1-6,9,14,17,20,25H,7-8,10-11H2,(H,26,27);1H. The van der Waals surface area contributed by atoms with Gasteiger partial charge in [0.25, 0.3) is 0 Å². The summed E-state index contributed by atoms with van der Waals surface area (Å²) in [5, 5.41) is 6.03. The Kier molecular flexibility index (Phi) is 8.28. The molecule has 3 rings (SSSR count). The molecule has 1 fully saturated rings. The number of benzene rings is 2. The third-order valence-corrected chi connectivity index (χ3v) is 4.74. The molecule has 0 radical (unpaired) electrons. The molecule has 1 aliphatic heterocycles. The molecule has 1 aliphatic rings. The van der Waals surface area contributed by atoms with Crippen molar-refractivity contribution >= 4 is 18.3 Å². The van der Waals surface area contributed by atoms with E-state index >= 15 is 0 Å². The molecule has 1 saturated heterocycles. The molecule has 2 unspecified atom stereocenters. The predicted octanol–water partition coefficient (Wildman–Crippen LogP) is 3.79. The van der Waals surface area contributed by atoms with Crippen LogP contribution in [-0.2, 0) is 11.2 Å². The van der Waals surface area contributed by atoms with Gasteiger partial charge in [-0.25, -0.2) is 8.78 Å². The Morgan fingerprint density at radius 1 is 1.17 bits per heavy atom. The van der Waals surface area contributed by atoms with E-state index in [9.17, 15) is 22.4 Å². The van der Waals surface area contributed by atoms with Crippen molar-refractivity contribution < 1.29 is 27.1 Å². The zero-order chi connectivity index (χ0) is 20.1. The summed E-state index contributed by atoms with van der Waals surface area (Å²) in [7, 11) is 0. The van der Waals surface area contributed by atoms with Gasteiger partial charge in [0.2, 0.25) is 5.91 Å². The number of carbonyl (C=O) groups is 1. The minimum atomic E-state index is -2.98. The maximum atomic E-state index is 13.6. The van der Waals surface area contributed by atoms with Gasteiger partial charge in [0.05, 0.1) is 6.42 Å². The molecule has 2 N–H and O–H groups in total. The second-order valence-electron chi connectivity index (χ2n) is 6.61. The fourth-order valence-electron chi connectivity index (χ4n) is 3.44. The topological polar surface area (TPSA) is 50.4 Å². The van der Waals surface area contributed by atoms with Crippen molar-refractivity contribution in [3.63, 3.8) is 0 Å². The van der Waals surface area contributed by atoms with Crippen molar-refractivity contribution in [1.29, 1.82) is 0 Å². The zero-order valence-electron chi connectivity index (χ0n) is 15.3. The highest BCUT2D eigenvalue weighted by atomic mass is 35.5. The molecule has 1 amide bonds. The summed E-state index contributed by atoms with van der Waals surface area (Å²) in [5.74, 6) is -2.46. The largest absolute Gasteiger partial charge is 0.435 e. The van der Waals surface area contributed by atoms with E-state index in [4.69, 9.17) is 0 Å². The summed E-state index contributed by atoms with van der Waals surface area (Å²) >= 11 is 0. The van der Waals surface area contributed by atoms with E-state index in [0.29, 0.717) is 30.6 Å². The van der Waals surface area contributed by atoms with Crippen molar-refractivity contribution in [2.24, 2.45) is 0 Å². The summed E-state index contributed by atoms with van der Waals surface area (Å²) in [5.41, 5.74) is 0.945. The molecule has 29 heavy (non-hydrogen) atoms. The van der Waals surface area contributed by atoms with Crippen LogP contribution in [0.15, 0.2) is 42.5 Å². The van der Waals surface area contributed by atoms with Gasteiger partial charge in [0.1, 0.15) is 5.75 Å². The fourth-order valence-corrected chi connectivity index (χ4v) is 3.44. The van der Waals surface area contributed by atoms with Gasteiger partial charge in [-0.3, -0.25) is 4.79 Å². The van der Waals surface area contributed by atoms with Gasteiger partial charge < -0.3 is 15.4 Å². The molecule has 0 aromatic heterocycles. The highest BCUT2D eigenvalue weighted by Gasteiger charge is 2.28. The maximum Gasteiger partial charge on any atom is 0.387 e. The number of rotatable bonds is 6. The van der Waals surface area contributed by atoms with Gasteiger partial charge >= 0.3 is 6.61 Å². The van der Waals surface area contributed by atoms with Crippen LogP contribution < -0.4 is 15.4 Å². The van der Waals surface area contributed by atoms with Crippen LogP contribution in [0.4, 0.5) is 17.6 Å². The van der Waals surface area contributed by atoms with Crippen LogP contribution in [-0.4, -0.2) is 31.7 Å². The summed E-state index contributed by atoms with van der Waals surface area (Å²) in [4.78, 5) is 12.5. The van der Waals surface area contributed by atoms with E-state index < -0.39 is 18.2 Å². The molecule has 0 saturated carbocycles. The minimum absolute atomic E-state index is 0. The highest BCUT2D eigenvalue weighted by molar-refractivity contribution is 5.85. The number of amides is 1. The van der Waals surface area contributed by atoms with Crippen LogP contribution in [0.1, 0.15) is 23.5 Å². The van der Waals surface area contributed by atoms with Gasteiger partial charge in [0, 0.05) is 24.1 Å². The van der Waals surface area contributed by atoms with Crippen molar-refractivity contribution in [2.75, 3.05) is 13.1 Å². The Morgan fingerprint density at radius 2 is 1.93 bits per heavy atom. The average Bonchev–Trinajstić information content (AvgIpc) is 2.66. The van der Waals surface area contributed by atoms with Gasteiger partial charge in [-0.2, -0.15) is 8.78 Å². The van der Waals surface area contributed by atoms with Gasteiger partial charge in [0.15, 0.2) is 11.6 Å². The van der Waals surface area contributed by atoms with Crippen molar-refractivity contribution in [3.05, 3.63) is 65.2 Å². The molecule has 4 nitrogen and oxygen atoms in total. The third kappa shape index (κ3) is 6.08. The van der Waals surface area contributed by atoms with Crippen molar-refractivity contribution in [1.82, 2.24) is 10.6 Å². The number of hydrogen-bond acceptors (Lipinski definition) is 3. The van der Waals surface area contributed by atoms with Gasteiger partial charge in [-0.15, -0.1) is 12.4 Å². The van der Waals surface area contributed by atoms with Gasteiger partial charge in [-0.05, 0) is 36.7 Å². The Bertz CT molecular complexity index is 838. The molecule has 158 valence electrons. The Morgan fingerprint density at radius 3 is 2.66 bits per heavy atom. The number of halogens is 5. The predicted molar refractivity (Wildman–Crippen MR) is 103 cm³/mol. The minimum Gasteiger partial charge on any atom is -0.435 e. The van der Waals surface area contributed by atoms with Crippen molar-refractivity contribution in [3.8, 4) is 5.75 Å². The molecule has 0 bridgehead atoms. The van der Waals surface area contributed by atoms with Crippen LogP contribution >= 0.6 is 12.4 Å². The lowest BCUT2D eigenvalue weighted by molar-refractivity contribution is -0.121. The average molecular weight is 433 g/mol. The summed E-state index contributed by atoms with van der Waals surface area (Å²) in [6, 6.07) is 9.49. The first-order chi connectivity index (χ1) is 13.4. The number of ether oxygens (including phenoxy) is 1.